The van der Waals surface area contributed by atoms with Crippen LogP contribution in [0.2, 0.25) is 0 Å². The Bertz CT molecular complexity index is 1300. The monoisotopic (exact) mass is 480 g/mol. The summed E-state index contributed by atoms with van der Waals surface area (Å²) in [6, 6.07) is 27.9. The number of hydrogen-bond acceptors (Lipinski definition) is 5. The molecule has 0 saturated carbocycles. The quantitative estimate of drug-likeness (QED) is 0.169. The Labute approximate surface area is 210 Å². The number of carboxylic acid groups (broad SMARTS) is 1. The van der Waals surface area contributed by atoms with Crippen molar-refractivity contribution >= 4 is 11.7 Å². The Hall–Kier alpha value is -4.45. The Balaban J connectivity index is 1.43. The van der Waals surface area contributed by atoms with Crippen LogP contribution < -0.4 is 4.74 Å². The van der Waals surface area contributed by atoms with Crippen molar-refractivity contribution < 1.29 is 19.5 Å². The fourth-order valence-corrected chi connectivity index (χ4v) is 3.85. The van der Waals surface area contributed by atoms with Gasteiger partial charge in [0.25, 0.3) is 0 Å². The highest BCUT2D eigenvalue weighted by Gasteiger charge is 2.10. The number of benzene rings is 3. The minimum Gasteiger partial charge on any atom is -0.490 e. The van der Waals surface area contributed by atoms with Crippen molar-refractivity contribution in [3.63, 3.8) is 0 Å². The van der Waals surface area contributed by atoms with Gasteiger partial charge in [-0.05, 0) is 58.5 Å². The summed E-state index contributed by atoms with van der Waals surface area (Å²) in [6.45, 7) is 2.40. The van der Waals surface area contributed by atoms with E-state index in [1.54, 1.807) is 24.5 Å². The second-order valence-electron chi connectivity index (χ2n) is 8.31. The van der Waals surface area contributed by atoms with Crippen molar-refractivity contribution in [2.75, 3.05) is 13.2 Å². The average molecular weight is 481 g/mol. The van der Waals surface area contributed by atoms with Crippen LogP contribution >= 0.6 is 0 Å². The van der Waals surface area contributed by atoms with Crippen LogP contribution in [0.1, 0.15) is 22.3 Å². The van der Waals surface area contributed by atoms with Crippen LogP contribution in [0.25, 0.3) is 11.1 Å². The Morgan fingerprint density at radius 1 is 0.833 bits per heavy atom. The minimum absolute atomic E-state index is 0.0365. The number of ether oxygens (including phenoxy) is 1. The molecule has 4 rings (SSSR count). The summed E-state index contributed by atoms with van der Waals surface area (Å²) in [4.78, 5) is 20.8. The van der Waals surface area contributed by atoms with Crippen molar-refractivity contribution in [3.05, 3.63) is 120 Å². The maximum atomic E-state index is 11.1. The van der Waals surface area contributed by atoms with E-state index in [0.29, 0.717) is 12.2 Å². The average Bonchev–Trinajstić information content (AvgIpc) is 2.91. The molecule has 0 aliphatic heterocycles. The molecule has 0 saturated heterocycles. The van der Waals surface area contributed by atoms with E-state index in [9.17, 15) is 4.79 Å². The zero-order valence-electron chi connectivity index (χ0n) is 20.1. The number of hydrogen-bond donors (Lipinski definition) is 1. The highest BCUT2D eigenvalue weighted by atomic mass is 16.6. The van der Waals surface area contributed by atoms with Crippen LogP contribution in [0.15, 0.2) is 102 Å². The molecule has 1 aromatic heterocycles. The summed E-state index contributed by atoms with van der Waals surface area (Å²) >= 11 is 0. The first-order chi connectivity index (χ1) is 17.6. The molecule has 0 fully saturated rings. The van der Waals surface area contributed by atoms with Gasteiger partial charge in [0, 0.05) is 18.8 Å². The second kappa shape index (κ2) is 12.3. The predicted molar refractivity (Wildman–Crippen MR) is 140 cm³/mol. The van der Waals surface area contributed by atoms with Gasteiger partial charge in [0.1, 0.15) is 12.4 Å². The van der Waals surface area contributed by atoms with E-state index in [4.69, 9.17) is 14.7 Å². The van der Waals surface area contributed by atoms with Crippen molar-refractivity contribution in [2.24, 2.45) is 5.16 Å². The topological polar surface area (TPSA) is 81.0 Å². The molecule has 3 aromatic carbocycles. The normalized spacial score (nSPS) is 11.2. The van der Waals surface area contributed by atoms with Crippen molar-refractivity contribution in [3.8, 4) is 16.9 Å². The van der Waals surface area contributed by atoms with Crippen molar-refractivity contribution in [1.29, 1.82) is 0 Å². The molecule has 0 spiro atoms. The summed E-state index contributed by atoms with van der Waals surface area (Å²) in [7, 11) is 0. The van der Waals surface area contributed by atoms with Crippen LogP contribution in [0.5, 0.6) is 5.75 Å². The number of pyridine rings is 1. The van der Waals surface area contributed by atoms with E-state index >= 15 is 0 Å². The first kappa shape index (κ1) is 24.7. The number of carbonyl (C=O) groups is 1. The predicted octanol–water partition coefficient (Wildman–Crippen LogP) is 5.73. The molecular weight excluding hydrogens is 452 g/mol. The molecule has 6 nitrogen and oxygen atoms in total. The van der Waals surface area contributed by atoms with Crippen molar-refractivity contribution in [1.82, 2.24) is 4.98 Å². The zero-order chi connectivity index (χ0) is 25.2. The first-order valence-electron chi connectivity index (χ1n) is 11.8. The maximum absolute atomic E-state index is 11.1. The van der Waals surface area contributed by atoms with Gasteiger partial charge in [0.05, 0.1) is 12.1 Å². The second-order valence-corrected chi connectivity index (χ2v) is 8.31. The molecule has 0 aliphatic carbocycles. The smallest absolute Gasteiger partial charge is 0.307 e. The number of aromatic nitrogens is 1. The van der Waals surface area contributed by atoms with Gasteiger partial charge in [-0.3, -0.25) is 9.78 Å². The van der Waals surface area contributed by atoms with Gasteiger partial charge in [-0.25, -0.2) is 0 Å². The molecular formula is C30H28N2O4. The molecule has 4 aromatic rings. The van der Waals surface area contributed by atoms with Crippen LogP contribution in [0, 0.1) is 6.92 Å². The molecule has 6 heteroatoms. The Kier molecular flexibility index (Phi) is 8.44. The molecule has 0 aliphatic rings. The molecule has 0 amide bonds. The summed E-state index contributed by atoms with van der Waals surface area (Å²) in [5, 5.41) is 13.5. The molecule has 0 bridgehead atoms. The SMILES string of the molecule is Cc1c(CC(=O)O)cccc1OCCON=C(Cc1ccncc1)c1ccc(-c2ccccc2)cc1. The summed E-state index contributed by atoms with van der Waals surface area (Å²) in [5.74, 6) is -0.221. The number of rotatable bonds is 11. The lowest BCUT2D eigenvalue weighted by Crippen LogP contribution is -2.10. The third kappa shape index (κ3) is 6.79. The number of aliphatic carboxylic acids is 1. The van der Waals surface area contributed by atoms with Crippen LogP contribution in [-0.4, -0.2) is 35.0 Å². The molecule has 36 heavy (non-hydrogen) atoms. The van der Waals surface area contributed by atoms with Gasteiger partial charge in [-0.2, -0.15) is 0 Å². The standard InChI is InChI=1S/C30H28N2O4/c1-22-27(21-30(33)34)8-5-9-29(22)35-18-19-36-32-28(20-23-14-16-31-17-15-23)26-12-10-25(11-13-26)24-6-3-2-4-7-24/h2-17H,18-21H2,1H3,(H,33,34). The summed E-state index contributed by atoms with van der Waals surface area (Å²) in [6.07, 6.45) is 4.09. The lowest BCUT2D eigenvalue weighted by Gasteiger charge is -2.12. The van der Waals surface area contributed by atoms with E-state index in [2.05, 4.69) is 46.5 Å². The molecule has 1 heterocycles. The number of oxime groups is 1. The van der Waals surface area contributed by atoms with Gasteiger partial charge in [0.2, 0.25) is 0 Å². The maximum Gasteiger partial charge on any atom is 0.307 e. The Morgan fingerprint density at radius 2 is 1.56 bits per heavy atom. The fraction of sp³-hybridized carbons (Fsp3) is 0.167. The molecule has 0 atom stereocenters. The van der Waals surface area contributed by atoms with E-state index in [1.165, 1.54) is 0 Å². The van der Waals surface area contributed by atoms with E-state index in [1.807, 2.05) is 43.3 Å². The molecule has 1 N–H and O–H groups in total. The van der Waals surface area contributed by atoms with Crippen LogP contribution in [-0.2, 0) is 22.5 Å². The largest absolute Gasteiger partial charge is 0.490 e. The van der Waals surface area contributed by atoms with Gasteiger partial charge in [-0.1, -0.05) is 71.9 Å². The van der Waals surface area contributed by atoms with Gasteiger partial charge >= 0.3 is 5.97 Å². The lowest BCUT2D eigenvalue weighted by atomic mass is 9.99. The molecule has 0 radical (unpaired) electrons. The van der Waals surface area contributed by atoms with Gasteiger partial charge in [0.15, 0.2) is 6.61 Å². The Morgan fingerprint density at radius 3 is 2.28 bits per heavy atom. The van der Waals surface area contributed by atoms with Gasteiger partial charge < -0.3 is 14.7 Å². The third-order valence-corrected chi connectivity index (χ3v) is 5.79. The summed E-state index contributed by atoms with van der Waals surface area (Å²) < 4.78 is 5.83. The van der Waals surface area contributed by atoms with Crippen LogP contribution in [0.4, 0.5) is 0 Å². The minimum atomic E-state index is -0.869. The number of nitrogens with zero attached hydrogens (tertiary/aromatic N) is 2. The number of carboxylic acids is 1. The van der Waals surface area contributed by atoms with E-state index in [-0.39, 0.29) is 19.6 Å². The highest BCUT2D eigenvalue weighted by molar-refractivity contribution is 6.01. The third-order valence-electron chi connectivity index (χ3n) is 5.79. The van der Waals surface area contributed by atoms with Crippen molar-refractivity contribution in [2.45, 2.75) is 19.8 Å². The molecule has 0 unspecified atom stereocenters. The first-order valence-corrected chi connectivity index (χ1v) is 11.8. The highest BCUT2D eigenvalue weighted by Crippen LogP contribution is 2.22. The fourth-order valence-electron chi connectivity index (χ4n) is 3.85. The van der Waals surface area contributed by atoms with Crippen LogP contribution in [0.3, 0.4) is 0 Å². The van der Waals surface area contributed by atoms with Gasteiger partial charge in [-0.15, -0.1) is 0 Å². The summed E-state index contributed by atoms with van der Waals surface area (Å²) in [5.41, 5.74) is 6.72. The van der Waals surface area contributed by atoms with E-state index in [0.717, 1.165) is 39.1 Å². The zero-order valence-corrected chi connectivity index (χ0v) is 20.1. The lowest BCUT2D eigenvalue weighted by molar-refractivity contribution is -0.136. The molecule has 182 valence electrons. The van der Waals surface area contributed by atoms with E-state index < -0.39 is 5.97 Å².